The predicted octanol–water partition coefficient (Wildman–Crippen LogP) is 2.34. The molecule has 1 aromatic carbocycles. The maximum Gasteiger partial charge on any atom is 0.281 e. The molecule has 1 atom stereocenters. The van der Waals surface area contributed by atoms with Gasteiger partial charge in [-0.15, -0.1) is 0 Å². The Bertz CT molecular complexity index is 1030. The molecular weight excluding hydrogens is 372 g/mol. The molecule has 2 aromatic rings. The van der Waals surface area contributed by atoms with E-state index in [4.69, 9.17) is 0 Å². The lowest BCUT2D eigenvalue weighted by Crippen LogP contribution is -2.25. The Morgan fingerprint density at radius 3 is 2.44 bits per heavy atom. The fourth-order valence-corrected chi connectivity index (χ4v) is 3.46. The second-order valence-electron chi connectivity index (χ2n) is 6.44. The number of hydrogen-bond donors (Lipinski definition) is 0. The molecule has 9 heteroatoms. The Morgan fingerprint density at radius 1 is 1.22 bits per heavy atom. The zero-order chi connectivity index (χ0) is 19.8. The van der Waals surface area contributed by atoms with Crippen LogP contribution in [0.1, 0.15) is 34.8 Å². The topological polar surface area (TPSA) is 124 Å². The van der Waals surface area contributed by atoms with Gasteiger partial charge in [0.2, 0.25) is 0 Å². The third-order valence-corrected chi connectivity index (χ3v) is 5.48. The minimum Gasteiger partial charge on any atom is -0.298 e. The zero-order valence-corrected chi connectivity index (χ0v) is 15.2. The van der Waals surface area contributed by atoms with Crippen molar-refractivity contribution in [2.45, 2.75) is 23.7 Å². The summed E-state index contributed by atoms with van der Waals surface area (Å²) < 4.78 is 23.4. The lowest BCUT2D eigenvalue weighted by atomic mass is 9.87. The highest BCUT2D eigenvalue weighted by atomic mass is 32.2. The third-order valence-electron chi connectivity index (χ3n) is 4.37. The van der Waals surface area contributed by atoms with Crippen molar-refractivity contribution in [1.82, 2.24) is 4.98 Å². The molecule has 0 bridgehead atoms. The van der Waals surface area contributed by atoms with Crippen molar-refractivity contribution in [2.24, 2.45) is 5.92 Å². The van der Waals surface area contributed by atoms with E-state index < -0.39 is 32.1 Å². The molecule has 1 aromatic heterocycles. The summed E-state index contributed by atoms with van der Waals surface area (Å²) >= 11 is 0. The summed E-state index contributed by atoms with van der Waals surface area (Å²) in [5, 5.41) is 11.4. The Morgan fingerprint density at radius 2 is 1.93 bits per heavy atom. The third kappa shape index (κ3) is 3.92. The van der Waals surface area contributed by atoms with E-state index in [2.05, 4.69) is 4.98 Å². The molecule has 0 N–H and O–H groups in total. The molecule has 0 spiro atoms. The summed E-state index contributed by atoms with van der Waals surface area (Å²) in [7, 11) is -3.69. The molecular formula is C18H16N2O6S. The molecule has 1 saturated carbocycles. The van der Waals surface area contributed by atoms with Crippen molar-refractivity contribution in [3.8, 4) is 0 Å². The van der Waals surface area contributed by atoms with Gasteiger partial charge in [-0.05, 0) is 37.1 Å². The molecule has 0 radical (unpaired) electrons. The van der Waals surface area contributed by atoms with Crippen LogP contribution in [-0.4, -0.2) is 36.1 Å². The number of sulfone groups is 1. The standard InChI is InChI=1S/C18H16N2O6S/c1-27(25,26)12-7-8-13(15(10-12)20(23)24)18(22)16(17(21)11-5-6-11)14-4-2-3-9-19-14/h2-4,7-11,16H,5-6H2,1H3. The number of nitro benzene ring substituents is 1. The maximum absolute atomic E-state index is 13.1. The van der Waals surface area contributed by atoms with E-state index in [1.807, 2.05) is 0 Å². The van der Waals surface area contributed by atoms with Gasteiger partial charge in [0.1, 0.15) is 5.92 Å². The largest absolute Gasteiger partial charge is 0.298 e. The van der Waals surface area contributed by atoms with E-state index in [0.717, 1.165) is 24.5 Å². The van der Waals surface area contributed by atoms with Crippen molar-refractivity contribution in [3.63, 3.8) is 0 Å². The highest BCUT2D eigenvalue weighted by Gasteiger charge is 2.41. The second-order valence-corrected chi connectivity index (χ2v) is 8.45. The van der Waals surface area contributed by atoms with Gasteiger partial charge >= 0.3 is 0 Å². The zero-order valence-electron chi connectivity index (χ0n) is 14.4. The van der Waals surface area contributed by atoms with Crippen LogP contribution in [0.15, 0.2) is 47.5 Å². The van der Waals surface area contributed by atoms with Gasteiger partial charge in [0.05, 0.1) is 21.1 Å². The van der Waals surface area contributed by atoms with Crippen LogP contribution in [0.25, 0.3) is 0 Å². The van der Waals surface area contributed by atoms with E-state index in [1.165, 1.54) is 12.3 Å². The normalized spacial score (nSPS) is 15.1. The van der Waals surface area contributed by atoms with Gasteiger partial charge < -0.3 is 0 Å². The molecule has 27 heavy (non-hydrogen) atoms. The average molecular weight is 388 g/mol. The van der Waals surface area contributed by atoms with E-state index in [9.17, 15) is 28.1 Å². The molecule has 3 rings (SSSR count). The predicted molar refractivity (Wildman–Crippen MR) is 95.2 cm³/mol. The molecule has 0 saturated heterocycles. The van der Waals surface area contributed by atoms with Gasteiger partial charge in [-0.25, -0.2) is 8.42 Å². The highest BCUT2D eigenvalue weighted by molar-refractivity contribution is 7.90. The first-order chi connectivity index (χ1) is 12.7. The van der Waals surface area contributed by atoms with Crippen molar-refractivity contribution < 1.29 is 22.9 Å². The number of carbonyl (C=O) groups is 2. The summed E-state index contributed by atoms with van der Waals surface area (Å²) in [5.74, 6) is -2.57. The van der Waals surface area contributed by atoms with Gasteiger partial charge in [0.25, 0.3) is 5.69 Å². The molecule has 1 heterocycles. The van der Waals surface area contributed by atoms with E-state index in [-0.39, 0.29) is 27.9 Å². The van der Waals surface area contributed by atoms with E-state index in [0.29, 0.717) is 12.8 Å². The van der Waals surface area contributed by atoms with Crippen molar-refractivity contribution in [1.29, 1.82) is 0 Å². The molecule has 140 valence electrons. The fraction of sp³-hybridized carbons (Fsp3) is 0.278. The molecule has 8 nitrogen and oxygen atoms in total. The van der Waals surface area contributed by atoms with Crippen LogP contribution in [0.3, 0.4) is 0 Å². The van der Waals surface area contributed by atoms with E-state index in [1.54, 1.807) is 12.1 Å². The second kappa shape index (κ2) is 6.99. The SMILES string of the molecule is CS(=O)(=O)c1ccc(C(=O)C(C(=O)C2CC2)c2ccccn2)c([N+](=O)[O-])c1. The van der Waals surface area contributed by atoms with Crippen molar-refractivity contribution >= 4 is 27.1 Å². The molecule has 0 aliphatic heterocycles. The summed E-state index contributed by atoms with van der Waals surface area (Å²) in [6, 6.07) is 7.86. The van der Waals surface area contributed by atoms with Crippen LogP contribution < -0.4 is 0 Å². The first-order valence-electron chi connectivity index (χ1n) is 8.17. The average Bonchev–Trinajstić information content (AvgIpc) is 3.46. The van der Waals surface area contributed by atoms with Crippen molar-refractivity contribution in [3.05, 3.63) is 64.0 Å². The fourth-order valence-electron chi connectivity index (χ4n) is 2.82. The molecule has 1 aliphatic carbocycles. The summed E-state index contributed by atoms with van der Waals surface area (Å²) in [4.78, 5) is 40.2. The lowest BCUT2D eigenvalue weighted by Gasteiger charge is -2.14. The number of hydrogen-bond acceptors (Lipinski definition) is 7. The van der Waals surface area contributed by atoms with E-state index >= 15 is 0 Å². The van der Waals surface area contributed by atoms with Crippen LogP contribution in [-0.2, 0) is 14.6 Å². The van der Waals surface area contributed by atoms with Crippen molar-refractivity contribution in [2.75, 3.05) is 6.26 Å². The van der Waals surface area contributed by atoms with Gasteiger partial charge in [-0.2, -0.15) is 0 Å². The van der Waals surface area contributed by atoms with Crippen LogP contribution in [0.4, 0.5) is 5.69 Å². The highest BCUT2D eigenvalue weighted by Crippen LogP contribution is 2.37. The number of pyridine rings is 1. The molecule has 0 amide bonds. The number of aromatic nitrogens is 1. The number of nitro groups is 1. The molecule has 1 aliphatic rings. The van der Waals surface area contributed by atoms with Gasteiger partial charge in [-0.3, -0.25) is 24.7 Å². The minimum atomic E-state index is -3.69. The van der Waals surface area contributed by atoms with Gasteiger partial charge in [-0.1, -0.05) is 6.07 Å². The molecule has 1 fully saturated rings. The Kier molecular flexibility index (Phi) is 4.88. The van der Waals surface area contributed by atoms with Crippen LogP contribution >= 0.6 is 0 Å². The summed E-state index contributed by atoms with van der Waals surface area (Å²) in [5.41, 5.74) is -0.731. The van der Waals surface area contributed by atoms with Crippen LogP contribution in [0.2, 0.25) is 0 Å². The lowest BCUT2D eigenvalue weighted by molar-refractivity contribution is -0.385. The maximum atomic E-state index is 13.1. The quantitative estimate of drug-likeness (QED) is 0.308. The number of rotatable bonds is 7. The minimum absolute atomic E-state index is 0.223. The van der Waals surface area contributed by atoms with Crippen LogP contribution in [0.5, 0.6) is 0 Å². The monoisotopic (exact) mass is 388 g/mol. The first kappa shape index (κ1) is 18.8. The Labute approximate surface area is 155 Å². The molecule has 1 unspecified atom stereocenters. The summed E-state index contributed by atoms with van der Waals surface area (Å²) in [6.07, 6.45) is 3.70. The smallest absolute Gasteiger partial charge is 0.281 e. The number of benzene rings is 1. The Hall–Kier alpha value is -2.94. The van der Waals surface area contributed by atoms with Crippen LogP contribution in [0, 0.1) is 16.0 Å². The van der Waals surface area contributed by atoms with Gasteiger partial charge in [0, 0.05) is 24.4 Å². The van der Waals surface area contributed by atoms with Gasteiger partial charge in [0.15, 0.2) is 21.4 Å². The number of carbonyl (C=O) groups excluding carboxylic acids is 2. The Balaban J connectivity index is 2.11. The summed E-state index contributed by atoms with van der Waals surface area (Å²) in [6.45, 7) is 0. The number of ketones is 2. The first-order valence-corrected chi connectivity index (χ1v) is 10.1. The number of Topliss-reactive ketones (excluding diaryl/α,β-unsaturated/α-hetero) is 2. The number of nitrogens with zero attached hydrogens (tertiary/aromatic N) is 2.